The van der Waals surface area contributed by atoms with Gasteiger partial charge in [-0.3, -0.25) is 9.59 Å². The normalized spacial score (nSPS) is 12.8. The summed E-state index contributed by atoms with van der Waals surface area (Å²) in [6.45, 7) is 1.10. The van der Waals surface area contributed by atoms with Crippen LogP contribution in [0.2, 0.25) is 0 Å². The summed E-state index contributed by atoms with van der Waals surface area (Å²) in [5.74, 6) is -0.0868. The number of aromatic hydroxyl groups is 2. The van der Waals surface area contributed by atoms with Crippen molar-refractivity contribution in [1.29, 1.82) is 0 Å². The van der Waals surface area contributed by atoms with Crippen LogP contribution in [0.15, 0.2) is 88.1 Å². The minimum Gasteiger partial charge on any atom is -0.507 e. The summed E-state index contributed by atoms with van der Waals surface area (Å²) in [6.07, 6.45) is 1.38. The van der Waals surface area contributed by atoms with Gasteiger partial charge in [0.15, 0.2) is 16.9 Å². The van der Waals surface area contributed by atoms with Gasteiger partial charge in [-0.15, -0.1) is 0 Å². The molecule has 5 aromatic rings. The van der Waals surface area contributed by atoms with Gasteiger partial charge in [0, 0.05) is 42.0 Å². The van der Waals surface area contributed by atoms with Crippen molar-refractivity contribution in [3.8, 4) is 40.1 Å². The van der Waals surface area contributed by atoms with Gasteiger partial charge in [0.25, 0.3) is 0 Å². The molecule has 4 aromatic carbocycles. The molecule has 0 amide bonds. The zero-order valence-corrected chi connectivity index (χ0v) is 24.9. The molecule has 1 aromatic heterocycles. The Kier molecular flexibility index (Phi) is 8.33. The molecule has 1 aliphatic heterocycles. The first-order chi connectivity index (χ1) is 21.9. The van der Waals surface area contributed by atoms with E-state index < -0.39 is 23.1 Å². The average molecular weight is 609 g/mol. The van der Waals surface area contributed by atoms with E-state index in [1.165, 1.54) is 25.8 Å². The molecule has 0 bridgehead atoms. The summed E-state index contributed by atoms with van der Waals surface area (Å²) in [7, 11) is 2.79. The van der Waals surface area contributed by atoms with E-state index in [4.69, 9.17) is 23.4 Å². The number of ether oxygens (including phenoxy) is 4. The molecule has 2 N–H and O–H groups in total. The van der Waals surface area contributed by atoms with Crippen LogP contribution >= 0.6 is 0 Å². The van der Waals surface area contributed by atoms with Gasteiger partial charge >= 0.3 is 5.97 Å². The molecular formula is C36H32O9. The highest BCUT2D eigenvalue weighted by Crippen LogP contribution is 2.44. The van der Waals surface area contributed by atoms with Crippen LogP contribution in [0.1, 0.15) is 34.6 Å². The maximum atomic E-state index is 13.3. The Balaban J connectivity index is 1.38. The second kappa shape index (κ2) is 12.7. The molecule has 0 spiro atoms. The number of fused-ring (bicyclic) bond motifs is 2. The number of esters is 1. The van der Waals surface area contributed by atoms with Gasteiger partial charge in [0.2, 0.25) is 0 Å². The maximum absolute atomic E-state index is 13.3. The predicted octanol–water partition coefficient (Wildman–Crippen LogP) is 6.13. The Morgan fingerprint density at radius 3 is 2.53 bits per heavy atom. The van der Waals surface area contributed by atoms with E-state index in [-0.39, 0.29) is 34.5 Å². The van der Waals surface area contributed by atoms with Gasteiger partial charge in [-0.1, -0.05) is 48.5 Å². The summed E-state index contributed by atoms with van der Waals surface area (Å²) in [4.78, 5) is 26.0. The lowest BCUT2D eigenvalue weighted by molar-refractivity contribution is -0.140. The first-order valence-electron chi connectivity index (χ1n) is 14.6. The molecule has 0 unspecified atom stereocenters. The van der Waals surface area contributed by atoms with Crippen molar-refractivity contribution in [2.24, 2.45) is 0 Å². The second-order valence-electron chi connectivity index (χ2n) is 10.8. The van der Waals surface area contributed by atoms with Crippen molar-refractivity contribution >= 4 is 16.9 Å². The van der Waals surface area contributed by atoms with Gasteiger partial charge < -0.3 is 33.6 Å². The third kappa shape index (κ3) is 6.02. The fourth-order valence-electron chi connectivity index (χ4n) is 5.73. The molecule has 45 heavy (non-hydrogen) atoms. The Bertz CT molecular complexity index is 1930. The lowest BCUT2D eigenvalue weighted by Crippen LogP contribution is -2.13. The van der Waals surface area contributed by atoms with E-state index in [9.17, 15) is 19.8 Å². The molecule has 0 radical (unpaired) electrons. The highest BCUT2D eigenvalue weighted by Gasteiger charge is 2.29. The third-order valence-corrected chi connectivity index (χ3v) is 8.00. The summed E-state index contributed by atoms with van der Waals surface area (Å²) in [5, 5.41) is 21.8. The van der Waals surface area contributed by atoms with Crippen molar-refractivity contribution in [3.63, 3.8) is 0 Å². The highest BCUT2D eigenvalue weighted by atomic mass is 16.5. The third-order valence-electron chi connectivity index (χ3n) is 8.00. The van der Waals surface area contributed by atoms with Crippen molar-refractivity contribution in [3.05, 3.63) is 111 Å². The summed E-state index contributed by atoms with van der Waals surface area (Å²) in [6, 6.07) is 22.7. The summed E-state index contributed by atoms with van der Waals surface area (Å²) < 4.78 is 28.6. The Labute approximate surface area is 259 Å². The van der Waals surface area contributed by atoms with Crippen LogP contribution in [-0.4, -0.2) is 43.6 Å². The molecular weight excluding hydrogens is 576 g/mol. The van der Waals surface area contributed by atoms with Gasteiger partial charge in [-0.05, 0) is 34.9 Å². The quantitative estimate of drug-likeness (QED) is 0.180. The molecule has 0 saturated heterocycles. The Morgan fingerprint density at radius 2 is 1.76 bits per heavy atom. The SMILES string of the molecule is COC(=O)C[C@H](c1ccc(OCCc2ccc3c(c2)CCO3)c(OC)c1)c1c(O)cc(O)c2c(=O)cc(-c3ccccc3)oc12. The molecule has 6 rings (SSSR count). The van der Waals surface area contributed by atoms with Gasteiger partial charge in [-0.25, -0.2) is 0 Å². The minimum atomic E-state index is -0.841. The Morgan fingerprint density at radius 1 is 0.933 bits per heavy atom. The van der Waals surface area contributed by atoms with Crippen LogP contribution in [0.5, 0.6) is 28.7 Å². The topological polar surface area (TPSA) is 125 Å². The Hall–Kier alpha value is -5.44. The number of hydrogen-bond donors (Lipinski definition) is 2. The number of carbonyl (C=O) groups is 1. The molecule has 9 nitrogen and oxygen atoms in total. The molecule has 1 atom stereocenters. The van der Waals surface area contributed by atoms with Crippen LogP contribution in [0.25, 0.3) is 22.3 Å². The van der Waals surface area contributed by atoms with Crippen molar-refractivity contribution in [2.75, 3.05) is 27.4 Å². The van der Waals surface area contributed by atoms with Gasteiger partial charge in [0.05, 0.1) is 33.9 Å². The number of phenolic OH excluding ortho intramolecular Hbond substituents is 2. The predicted molar refractivity (Wildman–Crippen MR) is 168 cm³/mol. The maximum Gasteiger partial charge on any atom is 0.306 e. The number of carbonyl (C=O) groups excluding carboxylic acids is 1. The highest BCUT2D eigenvalue weighted by molar-refractivity contribution is 5.90. The van der Waals surface area contributed by atoms with Crippen LogP contribution in [-0.2, 0) is 22.4 Å². The number of phenols is 2. The molecule has 1 aliphatic rings. The van der Waals surface area contributed by atoms with Gasteiger partial charge in [0.1, 0.15) is 34.0 Å². The number of rotatable bonds is 10. The van der Waals surface area contributed by atoms with Crippen molar-refractivity contribution < 1.29 is 38.4 Å². The fourth-order valence-corrected chi connectivity index (χ4v) is 5.73. The van der Waals surface area contributed by atoms with E-state index in [1.54, 1.807) is 42.5 Å². The lowest BCUT2D eigenvalue weighted by atomic mass is 9.86. The zero-order valence-electron chi connectivity index (χ0n) is 24.9. The van der Waals surface area contributed by atoms with E-state index in [0.717, 1.165) is 23.8 Å². The fraction of sp³-hybridized carbons (Fsp3) is 0.222. The standard InChI is InChI=1S/C36H32O9/c1-41-32-17-23(9-11-30(32)44-14-12-21-8-10-29-24(16-21)13-15-43-29)25(18-33(40)42-2)34-26(37)19-27(38)35-28(39)20-31(45-36(34)35)22-6-4-3-5-7-22/h3-11,16-17,19-20,25,37-38H,12-15,18H2,1-2H3/t25-/m1/s1. The second-order valence-corrected chi connectivity index (χ2v) is 10.8. The first kappa shape index (κ1) is 29.6. The van der Waals surface area contributed by atoms with Gasteiger partial charge in [-0.2, -0.15) is 0 Å². The van der Waals surface area contributed by atoms with Crippen molar-refractivity contribution in [2.45, 2.75) is 25.2 Å². The smallest absolute Gasteiger partial charge is 0.306 e. The first-order valence-corrected chi connectivity index (χ1v) is 14.6. The van der Waals surface area contributed by atoms with E-state index in [2.05, 4.69) is 6.07 Å². The number of benzene rings is 4. The minimum absolute atomic E-state index is 0.0354. The van der Waals surface area contributed by atoms with E-state index in [0.29, 0.717) is 42.3 Å². The molecule has 0 fully saturated rings. The zero-order chi connectivity index (χ0) is 31.5. The summed E-state index contributed by atoms with van der Waals surface area (Å²) in [5.41, 5.74) is 3.15. The van der Waals surface area contributed by atoms with E-state index in [1.807, 2.05) is 18.2 Å². The number of hydrogen-bond acceptors (Lipinski definition) is 9. The number of methoxy groups -OCH3 is 2. The lowest BCUT2D eigenvalue weighted by Gasteiger charge is -2.21. The largest absolute Gasteiger partial charge is 0.507 e. The molecule has 0 aliphatic carbocycles. The molecule has 230 valence electrons. The van der Waals surface area contributed by atoms with Crippen LogP contribution < -0.4 is 19.6 Å². The van der Waals surface area contributed by atoms with Crippen LogP contribution in [0, 0.1) is 0 Å². The molecule has 2 heterocycles. The van der Waals surface area contributed by atoms with E-state index >= 15 is 0 Å². The van der Waals surface area contributed by atoms with Crippen LogP contribution in [0.3, 0.4) is 0 Å². The molecule has 0 saturated carbocycles. The molecule has 9 heteroatoms. The summed E-state index contributed by atoms with van der Waals surface area (Å²) >= 11 is 0. The van der Waals surface area contributed by atoms with Crippen molar-refractivity contribution in [1.82, 2.24) is 0 Å². The average Bonchev–Trinajstić information content (AvgIpc) is 3.52. The monoisotopic (exact) mass is 608 g/mol. The van der Waals surface area contributed by atoms with Crippen LogP contribution in [0.4, 0.5) is 0 Å².